The topological polar surface area (TPSA) is 12.5 Å². The summed E-state index contributed by atoms with van der Waals surface area (Å²) in [5.41, 5.74) is 6.78. The van der Waals surface area contributed by atoms with E-state index in [9.17, 15) is 0 Å². The van der Waals surface area contributed by atoms with E-state index in [4.69, 9.17) is 4.74 Å². The Bertz CT molecular complexity index is 690. The van der Waals surface area contributed by atoms with E-state index in [0.29, 0.717) is 5.92 Å². The molecule has 2 nitrogen and oxygen atoms in total. The average molecular weight is 309 g/mol. The maximum absolute atomic E-state index is 6.24. The SMILES string of the molecule is Cc1ccc2c(c1)CCCC2COc1ccc(C)cc1N(C)C. The van der Waals surface area contributed by atoms with Crippen molar-refractivity contribution < 1.29 is 4.74 Å². The van der Waals surface area contributed by atoms with E-state index >= 15 is 0 Å². The molecule has 0 aliphatic heterocycles. The van der Waals surface area contributed by atoms with Crippen molar-refractivity contribution in [2.24, 2.45) is 0 Å². The van der Waals surface area contributed by atoms with Crippen LogP contribution in [0.3, 0.4) is 0 Å². The van der Waals surface area contributed by atoms with Gasteiger partial charge in [0.1, 0.15) is 5.75 Å². The average Bonchev–Trinajstić information content (AvgIpc) is 2.53. The van der Waals surface area contributed by atoms with Gasteiger partial charge in [0.15, 0.2) is 0 Å². The van der Waals surface area contributed by atoms with Crippen molar-refractivity contribution in [2.45, 2.75) is 39.0 Å². The Morgan fingerprint density at radius 3 is 2.57 bits per heavy atom. The van der Waals surface area contributed by atoms with Gasteiger partial charge in [-0.15, -0.1) is 0 Å². The molecular weight excluding hydrogens is 282 g/mol. The van der Waals surface area contributed by atoms with E-state index in [-0.39, 0.29) is 0 Å². The maximum atomic E-state index is 6.24. The lowest BCUT2D eigenvalue weighted by molar-refractivity contribution is 0.275. The minimum atomic E-state index is 0.510. The number of fused-ring (bicyclic) bond motifs is 1. The molecule has 0 spiro atoms. The van der Waals surface area contributed by atoms with E-state index in [1.165, 1.54) is 41.5 Å². The number of rotatable bonds is 4. The quantitative estimate of drug-likeness (QED) is 0.799. The molecule has 2 aromatic carbocycles. The molecule has 23 heavy (non-hydrogen) atoms. The Hall–Kier alpha value is -1.96. The van der Waals surface area contributed by atoms with Crippen molar-refractivity contribution in [1.29, 1.82) is 0 Å². The van der Waals surface area contributed by atoms with Gasteiger partial charge in [-0.05, 0) is 61.9 Å². The normalized spacial score (nSPS) is 16.8. The summed E-state index contributed by atoms with van der Waals surface area (Å²) in [6.07, 6.45) is 3.69. The Morgan fingerprint density at radius 2 is 1.78 bits per heavy atom. The summed E-state index contributed by atoms with van der Waals surface area (Å²) >= 11 is 0. The molecular formula is C21H27NO. The Kier molecular flexibility index (Phi) is 4.61. The lowest BCUT2D eigenvalue weighted by Crippen LogP contribution is -2.18. The predicted octanol–water partition coefficient (Wildman–Crippen LogP) is 4.87. The molecule has 1 unspecified atom stereocenters. The van der Waals surface area contributed by atoms with Crippen LogP contribution in [-0.2, 0) is 6.42 Å². The molecule has 0 saturated heterocycles. The molecule has 2 heteroatoms. The fourth-order valence-electron chi connectivity index (χ4n) is 3.51. The number of hydrogen-bond donors (Lipinski definition) is 0. The Morgan fingerprint density at radius 1 is 1.04 bits per heavy atom. The van der Waals surface area contributed by atoms with Gasteiger partial charge in [-0.1, -0.05) is 29.8 Å². The zero-order valence-electron chi connectivity index (χ0n) is 14.7. The van der Waals surface area contributed by atoms with Gasteiger partial charge in [0.25, 0.3) is 0 Å². The van der Waals surface area contributed by atoms with Gasteiger partial charge < -0.3 is 9.64 Å². The van der Waals surface area contributed by atoms with Gasteiger partial charge in [0.2, 0.25) is 0 Å². The number of benzene rings is 2. The van der Waals surface area contributed by atoms with E-state index in [1.807, 2.05) is 0 Å². The summed E-state index contributed by atoms with van der Waals surface area (Å²) in [7, 11) is 4.14. The standard InChI is InChI=1S/C21H27NO/c1-15-8-10-19-17(12-15)6-5-7-18(19)14-23-21-11-9-16(2)13-20(21)22(3)4/h8-13,18H,5-7,14H2,1-4H3. The third-order valence-corrected chi connectivity index (χ3v) is 4.77. The zero-order valence-corrected chi connectivity index (χ0v) is 14.7. The fourth-order valence-corrected chi connectivity index (χ4v) is 3.51. The summed E-state index contributed by atoms with van der Waals surface area (Å²) in [4.78, 5) is 2.13. The van der Waals surface area contributed by atoms with E-state index < -0.39 is 0 Å². The maximum Gasteiger partial charge on any atom is 0.142 e. The molecule has 1 aliphatic carbocycles. The summed E-state index contributed by atoms with van der Waals surface area (Å²) in [5.74, 6) is 1.50. The monoisotopic (exact) mass is 309 g/mol. The van der Waals surface area contributed by atoms with Crippen LogP contribution in [-0.4, -0.2) is 20.7 Å². The zero-order chi connectivity index (χ0) is 16.4. The largest absolute Gasteiger partial charge is 0.491 e. The molecule has 2 aromatic rings. The smallest absolute Gasteiger partial charge is 0.142 e. The summed E-state index contributed by atoms with van der Waals surface area (Å²) < 4.78 is 6.24. The number of nitrogens with zero attached hydrogens (tertiary/aromatic N) is 1. The van der Waals surface area contributed by atoms with Crippen LogP contribution in [0.2, 0.25) is 0 Å². The van der Waals surface area contributed by atoms with Crippen molar-refractivity contribution in [2.75, 3.05) is 25.6 Å². The fraction of sp³-hybridized carbons (Fsp3) is 0.429. The van der Waals surface area contributed by atoms with Gasteiger partial charge in [-0.25, -0.2) is 0 Å². The lowest BCUT2D eigenvalue weighted by Gasteiger charge is -2.27. The molecule has 0 heterocycles. The van der Waals surface area contributed by atoms with Gasteiger partial charge in [-0.2, -0.15) is 0 Å². The first-order valence-electron chi connectivity index (χ1n) is 8.55. The molecule has 1 atom stereocenters. The molecule has 0 N–H and O–H groups in total. The first-order chi connectivity index (χ1) is 11.0. The molecule has 3 rings (SSSR count). The third kappa shape index (κ3) is 3.52. The minimum Gasteiger partial charge on any atom is -0.491 e. The van der Waals surface area contributed by atoms with Crippen LogP contribution in [0.5, 0.6) is 5.75 Å². The van der Waals surface area contributed by atoms with Crippen molar-refractivity contribution >= 4 is 5.69 Å². The van der Waals surface area contributed by atoms with Crippen LogP contribution in [0.15, 0.2) is 36.4 Å². The van der Waals surface area contributed by atoms with Crippen molar-refractivity contribution in [3.05, 3.63) is 58.7 Å². The first kappa shape index (κ1) is 15.9. The lowest BCUT2D eigenvalue weighted by atomic mass is 9.82. The van der Waals surface area contributed by atoms with E-state index in [2.05, 4.69) is 69.2 Å². The highest BCUT2D eigenvalue weighted by molar-refractivity contribution is 5.59. The highest BCUT2D eigenvalue weighted by atomic mass is 16.5. The van der Waals surface area contributed by atoms with Gasteiger partial charge in [0, 0.05) is 20.0 Å². The van der Waals surface area contributed by atoms with Crippen molar-refractivity contribution in [3.63, 3.8) is 0 Å². The van der Waals surface area contributed by atoms with Gasteiger partial charge >= 0.3 is 0 Å². The second-order valence-electron chi connectivity index (χ2n) is 6.97. The Labute approximate surface area is 140 Å². The molecule has 0 amide bonds. The van der Waals surface area contributed by atoms with E-state index in [0.717, 1.165) is 18.0 Å². The highest BCUT2D eigenvalue weighted by Crippen LogP contribution is 2.34. The number of ether oxygens (including phenoxy) is 1. The Balaban J connectivity index is 1.78. The van der Waals surface area contributed by atoms with Crippen LogP contribution in [0.4, 0.5) is 5.69 Å². The summed E-state index contributed by atoms with van der Waals surface area (Å²) in [5, 5.41) is 0. The molecule has 0 saturated carbocycles. The first-order valence-corrected chi connectivity index (χ1v) is 8.55. The molecule has 0 fully saturated rings. The van der Waals surface area contributed by atoms with Crippen LogP contribution >= 0.6 is 0 Å². The van der Waals surface area contributed by atoms with Crippen molar-refractivity contribution in [1.82, 2.24) is 0 Å². The molecule has 0 aromatic heterocycles. The van der Waals surface area contributed by atoms with Crippen LogP contribution in [0.1, 0.15) is 41.0 Å². The number of hydrogen-bond acceptors (Lipinski definition) is 2. The highest BCUT2D eigenvalue weighted by Gasteiger charge is 2.21. The van der Waals surface area contributed by atoms with Gasteiger partial charge in [-0.3, -0.25) is 0 Å². The van der Waals surface area contributed by atoms with Crippen LogP contribution in [0.25, 0.3) is 0 Å². The second kappa shape index (κ2) is 6.66. The van der Waals surface area contributed by atoms with E-state index in [1.54, 1.807) is 0 Å². The second-order valence-corrected chi connectivity index (χ2v) is 6.97. The predicted molar refractivity (Wildman–Crippen MR) is 97.9 cm³/mol. The molecule has 1 aliphatic rings. The summed E-state index contributed by atoms with van der Waals surface area (Å²) in [6.45, 7) is 5.06. The van der Waals surface area contributed by atoms with Crippen LogP contribution < -0.4 is 9.64 Å². The molecule has 122 valence electrons. The molecule has 0 radical (unpaired) electrons. The van der Waals surface area contributed by atoms with Crippen molar-refractivity contribution in [3.8, 4) is 5.75 Å². The number of anilines is 1. The summed E-state index contributed by atoms with van der Waals surface area (Å²) in [6, 6.07) is 13.3. The molecule has 0 bridgehead atoms. The van der Waals surface area contributed by atoms with Crippen LogP contribution in [0, 0.1) is 13.8 Å². The minimum absolute atomic E-state index is 0.510. The number of aryl methyl sites for hydroxylation is 3. The van der Waals surface area contributed by atoms with Gasteiger partial charge in [0.05, 0.1) is 12.3 Å². The third-order valence-electron chi connectivity index (χ3n) is 4.77.